The summed E-state index contributed by atoms with van der Waals surface area (Å²) in [6.45, 7) is 0.102. The van der Waals surface area contributed by atoms with Gasteiger partial charge in [-0.1, -0.05) is 60.7 Å². The summed E-state index contributed by atoms with van der Waals surface area (Å²) >= 11 is 1.30. The van der Waals surface area contributed by atoms with Crippen molar-refractivity contribution in [2.24, 2.45) is 5.92 Å². The number of Topliss-reactive ketones (excluding diaryl/α,β-unsaturated/α-hetero) is 1. The Balaban J connectivity index is 1.66. The standard InChI is InChI=1S/C31H29N3O7S2/c1-41-24-16-10-20(11-17-24)19-32-31(36)29-26(21-12-14-23(15-13-21)34(37)38)27(30(35)22-7-4-3-5-8-22)28(25-9-6-18-42-25)33(29)43(2,39)40/h3-18,26-29H,19H2,1-2H3,(H,32,36). The first-order valence-corrected chi connectivity index (χ1v) is 16.1. The van der Waals surface area contributed by atoms with Crippen LogP contribution in [-0.2, 0) is 21.4 Å². The highest BCUT2D eigenvalue weighted by Crippen LogP contribution is 2.53. The number of nitrogens with zero attached hydrogens (tertiary/aromatic N) is 2. The summed E-state index contributed by atoms with van der Waals surface area (Å²) in [5.41, 5.74) is 1.41. The Hall–Kier alpha value is -4.39. The minimum absolute atomic E-state index is 0.102. The van der Waals surface area contributed by atoms with Crippen molar-refractivity contribution in [3.05, 3.63) is 128 Å². The van der Waals surface area contributed by atoms with Gasteiger partial charge < -0.3 is 10.1 Å². The molecule has 0 spiro atoms. The molecule has 0 saturated carbocycles. The maximum atomic E-state index is 14.3. The molecule has 0 aliphatic carbocycles. The smallest absolute Gasteiger partial charge is 0.269 e. The fourth-order valence-corrected chi connectivity index (χ4v) is 7.92. The first kappa shape index (κ1) is 30.1. The van der Waals surface area contributed by atoms with Gasteiger partial charge in [-0.2, -0.15) is 4.31 Å². The summed E-state index contributed by atoms with van der Waals surface area (Å²) in [4.78, 5) is 39.9. The van der Waals surface area contributed by atoms with E-state index in [0.29, 0.717) is 21.8 Å². The van der Waals surface area contributed by atoms with Crippen LogP contribution in [0.15, 0.2) is 96.4 Å². The molecule has 12 heteroatoms. The highest BCUT2D eigenvalue weighted by Gasteiger charge is 2.59. The molecule has 1 fully saturated rings. The van der Waals surface area contributed by atoms with Gasteiger partial charge in [-0.25, -0.2) is 8.42 Å². The van der Waals surface area contributed by atoms with Crippen molar-refractivity contribution in [2.75, 3.05) is 13.4 Å². The van der Waals surface area contributed by atoms with Crippen molar-refractivity contribution in [3.8, 4) is 5.75 Å². The zero-order chi connectivity index (χ0) is 30.7. The molecule has 5 rings (SSSR count). The number of non-ortho nitro benzene ring substituents is 1. The van der Waals surface area contributed by atoms with Crippen LogP contribution in [0.3, 0.4) is 0 Å². The Morgan fingerprint density at radius 1 is 0.977 bits per heavy atom. The first-order chi connectivity index (χ1) is 20.6. The number of benzene rings is 3. The normalized spacial score (nSPS) is 20.4. The molecule has 1 N–H and O–H groups in total. The van der Waals surface area contributed by atoms with E-state index >= 15 is 0 Å². The Kier molecular flexibility index (Phi) is 8.71. The maximum absolute atomic E-state index is 14.3. The van der Waals surface area contributed by atoms with Crippen LogP contribution in [0.1, 0.15) is 38.3 Å². The van der Waals surface area contributed by atoms with Gasteiger partial charge in [0.25, 0.3) is 5.69 Å². The van der Waals surface area contributed by atoms with Crippen molar-refractivity contribution in [1.82, 2.24) is 9.62 Å². The molecular formula is C31H29N3O7S2. The van der Waals surface area contributed by atoms with Crippen molar-refractivity contribution in [3.63, 3.8) is 0 Å². The number of methoxy groups -OCH3 is 1. The third-order valence-corrected chi connectivity index (χ3v) is 9.74. The summed E-state index contributed by atoms with van der Waals surface area (Å²) in [5.74, 6) is -2.23. The molecule has 4 atom stereocenters. The summed E-state index contributed by atoms with van der Waals surface area (Å²) in [6, 6.07) is 22.4. The average molecular weight is 620 g/mol. The fraction of sp³-hybridized carbons (Fsp3) is 0.226. The van der Waals surface area contributed by atoms with Gasteiger partial charge in [0.15, 0.2) is 5.78 Å². The van der Waals surface area contributed by atoms with Gasteiger partial charge in [0, 0.05) is 35.0 Å². The quantitative estimate of drug-likeness (QED) is 0.151. The fourth-order valence-electron chi connectivity index (χ4n) is 5.68. The van der Waals surface area contributed by atoms with Crippen LogP contribution in [0.25, 0.3) is 0 Å². The van der Waals surface area contributed by atoms with Crippen LogP contribution >= 0.6 is 11.3 Å². The topological polar surface area (TPSA) is 136 Å². The molecule has 1 saturated heterocycles. The molecule has 10 nitrogen and oxygen atoms in total. The number of hydrogen-bond donors (Lipinski definition) is 1. The van der Waals surface area contributed by atoms with Crippen molar-refractivity contribution in [1.29, 1.82) is 0 Å². The Labute approximate surface area is 253 Å². The number of thiophene rings is 1. The van der Waals surface area contributed by atoms with Crippen molar-refractivity contribution >= 4 is 38.7 Å². The number of nitro benzene ring substituents is 1. The van der Waals surface area contributed by atoms with Gasteiger partial charge in [0.2, 0.25) is 15.9 Å². The molecule has 1 aliphatic heterocycles. The van der Waals surface area contributed by atoms with E-state index < -0.39 is 44.8 Å². The Bertz CT molecular complexity index is 1710. The molecule has 43 heavy (non-hydrogen) atoms. The minimum atomic E-state index is -4.07. The van der Waals surface area contributed by atoms with E-state index in [2.05, 4.69) is 5.32 Å². The van der Waals surface area contributed by atoms with E-state index in [1.165, 1.54) is 35.6 Å². The minimum Gasteiger partial charge on any atom is -0.497 e. The summed E-state index contributed by atoms with van der Waals surface area (Å²) in [5, 5.41) is 16.1. The highest BCUT2D eigenvalue weighted by atomic mass is 32.2. The number of ether oxygens (including phenoxy) is 1. The number of rotatable bonds is 10. The molecule has 4 unspecified atom stereocenters. The molecule has 0 bridgehead atoms. The van der Waals surface area contributed by atoms with Crippen LogP contribution in [0.4, 0.5) is 5.69 Å². The monoisotopic (exact) mass is 619 g/mol. The van der Waals surface area contributed by atoms with Crippen LogP contribution in [-0.4, -0.2) is 48.7 Å². The summed E-state index contributed by atoms with van der Waals surface area (Å²) < 4.78 is 33.5. The van der Waals surface area contributed by atoms with E-state index in [-0.39, 0.29) is 18.0 Å². The largest absolute Gasteiger partial charge is 0.497 e. The van der Waals surface area contributed by atoms with Crippen LogP contribution in [0, 0.1) is 16.0 Å². The first-order valence-electron chi connectivity index (χ1n) is 13.4. The van der Waals surface area contributed by atoms with Crippen molar-refractivity contribution in [2.45, 2.75) is 24.5 Å². The zero-order valence-electron chi connectivity index (χ0n) is 23.3. The molecule has 222 valence electrons. The number of nitro groups is 1. The molecule has 0 radical (unpaired) electrons. The van der Waals surface area contributed by atoms with Crippen LogP contribution in [0.5, 0.6) is 5.75 Å². The molecule has 1 aromatic heterocycles. The molecule has 2 heterocycles. The number of hydrogen-bond acceptors (Lipinski definition) is 8. The lowest BCUT2D eigenvalue weighted by molar-refractivity contribution is -0.384. The van der Waals surface area contributed by atoms with Gasteiger partial charge in [-0.15, -0.1) is 11.3 Å². The SMILES string of the molecule is COc1ccc(CNC(=O)C2C(c3ccc([N+](=O)[O-])cc3)C(C(=O)c3ccccc3)C(c3cccs3)N2S(C)(=O)=O)cc1. The Morgan fingerprint density at radius 3 is 2.21 bits per heavy atom. The number of sulfonamides is 1. The second kappa shape index (κ2) is 12.5. The van der Waals surface area contributed by atoms with E-state index in [9.17, 15) is 28.1 Å². The highest BCUT2D eigenvalue weighted by molar-refractivity contribution is 7.88. The molecule has 3 aromatic carbocycles. The van der Waals surface area contributed by atoms with Crippen molar-refractivity contribution < 1.29 is 27.7 Å². The van der Waals surface area contributed by atoms with E-state index in [0.717, 1.165) is 16.1 Å². The number of nitrogens with one attached hydrogen (secondary N) is 1. The van der Waals surface area contributed by atoms with Gasteiger partial charge in [-0.05, 0) is 34.7 Å². The number of amides is 1. The second-order valence-electron chi connectivity index (χ2n) is 10.2. The number of carbonyl (C=O) groups is 2. The predicted molar refractivity (Wildman–Crippen MR) is 162 cm³/mol. The molecule has 1 amide bonds. The molecule has 1 aliphatic rings. The van der Waals surface area contributed by atoms with E-state index in [4.69, 9.17) is 4.74 Å². The van der Waals surface area contributed by atoms with Crippen LogP contribution < -0.4 is 10.1 Å². The Morgan fingerprint density at radius 2 is 1.65 bits per heavy atom. The van der Waals surface area contributed by atoms with Gasteiger partial charge in [-0.3, -0.25) is 19.7 Å². The van der Waals surface area contributed by atoms with Gasteiger partial charge in [0.1, 0.15) is 11.8 Å². The van der Waals surface area contributed by atoms with Gasteiger partial charge in [0.05, 0.1) is 30.2 Å². The maximum Gasteiger partial charge on any atom is 0.269 e. The molecule has 4 aromatic rings. The van der Waals surface area contributed by atoms with Gasteiger partial charge >= 0.3 is 0 Å². The predicted octanol–water partition coefficient (Wildman–Crippen LogP) is 4.95. The third kappa shape index (κ3) is 6.21. The summed E-state index contributed by atoms with van der Waals surface area (Å²) in [7, 11) is -2.53. The number of carbonyl (C=O) groups excluding carboxylic acids is 2. The lowest BCUT2D eigenvalue weighted by Crippen LogP contribution is -2.48. The van der Waals surface area contributed by atoms with E-state index in [1.54, 1.807) is 79.2 Å². The average Bonchev–Trinajstić information content (AvgIpc) is 3.67. The third-order valence-electron chi connectivity index (χ3n) is 7.58. The van der Waals surface area contributed by atoms with Crippen LogP contribution in [0.2, 0.25) is 0 Å². The second-order valence-corrected chi connectivity index (χ2v) is 13.1. The number of ketones is 1. The lowest BCUT2D eigenvalue weighted by atomic mass is 9.77. The summed E-state index contributed by atoms with van der Waals surface area (Å²) in [6.07, 6.45) is 1.03. The lowest BCUT2D eigenvalue weighted by Gasteiger charge is -2.28. The molecular weight excluding hydrogens is 590 g/mol. The van der Waals surface area contributed by atoms with E-state index in [1.807, 2.05) is 0 Å². The zero-order valence-corrected chi connectivity index (χ0v) is 25.0.